The van der Waals surface area contributed by atoms with E-state index in [1.165, 1.54) is 12.8 Å². The molecule has 1 fully saturated rings. The highest BCUT2D eigenvalue weighted by Gasteiger charge is 2.28. The van der Waals surface area contributed by atoms with Crippen LogP contribution in [0.2, 0.25) is 0 Å². The first-order valence-electron chi connectivity index (χ1n) is 6.88. The second-order valence-corrected chi connectivity index (χ2v) is 6.97. The molecule has 4 heteroatoms. The van der Waals surface area contributed by atoms with Crippen LogP contribution in [-0.4, -0.2) is 23.0 Å². The van der Waals surface area contributed by atoms with E-state index in [1.54, 1.807) is 0 Å². The minimum atomic E-state index is 0.139. The summed E-state index contributed by atoms with van der Waals surface area (Å²) in [6.07, 6.45) is 4.06. The van der Waals surface area contributed by atoms with Crippen molar-refractivity contribution in [1.29, 1.82) is 0 Å². The fourth-order valence-electron chi connectivity index (χ4n) is 2.56. The van der Waals surface area contributed by atoms with Crippen molar-refractivity contribution >= 4 is 30.3 Å². The molecule has 19 heavy (non-hydrogen) atoms. The minimum Gasteiger partial charge on any atom is -0.352 e. The molecule has 1 aliphatic carbocycles. The highest BCUT2D eigenvalue weighted by Crippen LogP contribution is 2.29. The molecule has 1 amide bonds. The topological polar surface area (TPSA) is 29.1 Å². The van der Waals surface area contributed by atoms with E-state index >= 15 is 0 Å². The number of hydrogen-bond donors (Lipinski definition) is 2. The molecule has 1 aromatic carbocycles. The van der Waals surface area contributed by atoms with Gasteiger partial charge in [0.25, 0.3) is 0 Å². The van der Waals surface area contributed by atoms with Gasteiger partial charge in [-0.3, -0.25) is 4.79 Å². The van der Waals surface area contributed by atoms with Gasteiger partial charge in [-0.05, 0) is 36.3 Å². The Kier molecular flexibility index (Phi) is 5.64. The lowest BCUT2D eigenvalue weighted by molar-refractivity contribution is -0.121. The zero-order valence-corrected chi connectivity index (χ0v) is 13.0. The molecule has 1 N–H and O–H groups in total. The number of amides is 1. The van der Waals surface area contributed by atoms with Crippen molar-refractivity contribution in [1.82, 2.24) is 5.32 Å². The summed E-state index contributed by atoms with van der Waals surface area (Å²) in [5, 5.41) is 3.80. The van der Waals surface area contributed by atoms with E-state index in [4.69, 9.17) is 0 Å². The summed E-state index contributed by atoms with van der Waals surface area (Å²) in [7, 11) is 0. The molecular formula is C15H21NOS2. The van der Waals surface area contributed by atoms with Crippen molar-refractivity contribution in [3.8, 4) is 0 Å². The van der Waals surface area contributed by atoms with E-state index in [2.05, 4.69) is 24.9 Å². The van der Waals surface area contributed by atoms with Crippen molar-refractivity contribution < 1.29 is 4.79 Å². The molecule has 2 atom stereocenters. The summed E-state index contributed by atoms with van der Waals surface area (Å²) in [5.41, 5.74) is 1.05. The van der Waals surface area contributed by atoms with Crippen LogP contribution in [0.5, 0.6) is 0 Å². The summed E-state index contributed by atoms with van der Waals surface area (Å²) in [4.78, 5) is 13.0. The van der Waals surface area contributed by atoms with Gasteiger partial charge < -0.3 is 5.32 Å². The molecular weight excluding hydrogens is 274 g/mol. The molecule has 0 heterocycles. The summed E-state index contributed by atoms with van der Waals surface area (Å²) >= 11 is 6.22. The Labute approximate surface area is 125 Å². The summed E-state index contributed by atoms with van der Waals surface area (Å²) in [6, 6.07) is 8.15. The van der Waals surface area contributed by atoms with Crippen molar-refractivity contribution in [3.05, 3.63) is 29.8 Å². The van der Waals surface area contributed by atoms with Crippen LogP contribution in [0, 0.1) is 0 Å². The molecule has 1 aliphatic rings. The van der Waals surface area contributed by atoms with Gasteiger partial charge in [0, 0.05) is 16.2 Å². The van der Waals surface area contributed by atoms with E-state index < -0.39 is 0 Å². The third-order valence-corrected chi connectivity index (χ3v) is 5.10. The zero-order chi connectivity index (χ0) is 13.7. The molecule has 0 radical (unpaired) electrons. The first kappa shape index (κ1) is 14.8. The van der Waals surface area contributed by atoms with Crippen LogP contribution >= 0.6 is 24.4 Å². The molecule has 2 nitrogen and oxygen atoms in total. The monoisotopic (exact) mass is 295 g/mol. The Morgan fingerprint density at radius 1 is 1.37 bits per heavy atom. The number of benzene rings is 1. The van der Waals surface area contributed by atoms with Crippen LogP contribution in [0.1, 0.15) is 31.7 Å². The Morgan fingerprint density at radius 3 is 2.79 bits per heavy atom. The Bertz CT molecular complexity index is 419. The number of nitrogens with one attached hydrogen (secondary N) is 1. The van der Waals surface area contributed by atoms with Crippen LogP contribution in [0.15, 0.2) is 29.2 Å². The van der Waals surface area contributed by atoms with Gasteiger partial charge in [0.1, 0.15) is 0 Å². The molecule has 0 aromatic heterocycles. The smallest absolute Gasteiger partial charge is 0.224 e. The number of thiol groups is 1. The lowest BCUT2D eigenvalue weighted by Gasteiger charge is -2.20. The first-order chi connectivity index (χ1) is 9.19. The van der Waals surface area contributed by atoms with E-state index in [-0.39, 0.29) is 5.91 Å². The summed E-state index contributed by atoms with van der Waals surface area (Å²) in [5.74, 6) is 1.26. The summed E-state index contributed by atoms with van der Waals surface area (Å²) < 4.78 is 0. The van der Waals surface area contributed by atoms with Gasteiger partial charge in [0.05, 0.1) is 6.42 Å². The first-order valence-corrected chi connectivity index (χ1v) is 8.37. The van der Waals surface area contributed by atoms with Crippen molar-refractivity contribution in [2.24, 2.45) is 0 Å². The van der Waals surface area contributed by atoms with Gasteiger partial charge in [-0.15, -0.1) is 12.6 Å². The molecule has 0 aliphatic heterocycles. The molecule has 2 unspecified atom stereocenters. The molecule has 1 aromatic rings. The Morgan fingerprint density at radius 2 is 2.11 bits per heavy atom. The fraction of sp³-hybridized carbons (Fsp3) is 0.533. The normalized spacial score (nSPS) is 22.4. The second-order valence-electron chi connectivity index (χ2n) is 4.94. The Hall–Kier alpha value is -0.610. The quantitative estimate of drug-likeness (QED) is 0.816. The summed E-state index contributed by atoms with van der Waals surface area (Å²) in [6.45, 7) is 2.18. The van der Waals surface area contributed by atoms with Crippen LogP contribution in [-0.2, 0) is 11.2 Å². The van der Waals surface area contributed by atoms with E-state index in [0.29, 0.717) is 17.7 Å². The number of rotatable bonds is 5. The van der Waals surface area contributed by atoms with Gasteiger partial charge >= 0.3 is 0 Å². The SMILES string of the molecule is CCSC1CCCC1NC(=O)Cc1ccc(S)cc1. The van der Waals surface area contributed by atoms with E-state index in [0.717, 1.165) is 22.6 Å². The Balaban J connectivity index is 1.85. The number of carbonyl (C=O) groups is 1. The molecule has 0 bridgehead atoms. The predicted octanol–water partition coefficient (Wildman–Crippen LogP) is 3.31. The van der Waals surface area contributed by atoms with Gasteiger partial charge in [-0.1, -0.05) is 25.5 Å². The van der Waals surface area contributed by atoms with E-state index in [1.807, 2.05) is 36.0 Å². The molecule has 0 saturated heterocycles. The van der Waals surface area contributed by atoms with Gasteiger partial charge in [0.15, 0.2) is 0 Å². The maximum Gasteiger partial charge on any atom is 0.224 e. The van der Waals surface area contributed by atoms with Crippen LogP contribution in [0.4, 0.5) is 0 Å². The largest absolute Gasteiger partial charge is 0.352 e. The van der Waals surface area contributed by atoms with Crippen molar-refractivity contribution in [2.45, 2.75) is 48.8 Å². The lowest BCUT2D eigenvalue weighted by Crippen LogP contribution is -2.39. The maximum absolute atomic E-state index is 12.1. The maximum atomic E-state index is 12.1. The van der Waals surface area contributed by atoms with Gasteiger partial charge in [-0.2, -0.15) is 11.8 Å². The van der Waals surface area contributed by atoms with Crippen molar-refractivity contribution in [2.75, 3.05) is 5.75 Å². The second kappa shape index (κ2) is 7.25. The van der Waals surface area contributed by atoms with Crippen LogP contribution in [0.3, 0.4) is 0 Å². The number of carbonyl (C=O) groups excluding carboxylic acids is 1. The third kappa shape index (κ3) is 4.46. The third-order valence-electron chi connectivity index (χ3n) is 3.48. The molecule has 2 rings (SSSR count). The zero-order valence-electron chi connectivity index (χ0n) is 11.3. The fourth-order valence-corrected chi connectivity index (χ4v) is 3.91. The average Bonchev–Trinajstić information content (AvgIpc) is 2.80. The highest BCUT2D eigenvalue weighted by molar-refractivity contribution is 7.99. The van der Waals surface area contributed by atoms with Gasteiger partial charge in [-0.25, -0.2) is 0 Å². The lowest BCUT2D eigenvalue weighted by atomic mass is 10.1. The number of hydrogen-bond acceptors (Lipinski definition) is 3. The van der Waals surface area contributed by atoms with Crippen LogP contribution in [0.25, 0.3) is 0 Å². The number of thioether (sulfide) groups is 1. The molecule has 0 spiro atoms. The van der Waals surface area contributed by atoms with Crippen LogP contribution < -0.4 is 5.32 Å². The van der Waals surface area contributed by atoms with Crippen molar-refractivity contribution in [3.63, 3.8) is 0 Å². The standard InChI is InChI=1S/C15H21NOS2/c1-2-19-14-5-3-4-13(14)16-15(17)10-11-6-8-12(18)9-7-11/h6-9,13-14,18H,2-5,10H2,1H3,(H,16,17). The average molecular weight is 295 g/mol. The molecule has 1 saturated carbocycles. The predicted molar refractivity (Wildman–Crippen MR) is 85.1 cm³/mol. The van der Waals surface area contributed by atoms with E-state index in [9.17, 15) is 4.79 Å². The minimum absolute atomic E-state index is 0.139. The molecule has 104 valence electrons. The highest BCUT2D eigenvalue weighted by atomic mass is 32.2. The van der Waals surface area contributed by atoms with Gasteiger partial charge in [0.2, 0.25) is 5.91 Å².